The minimum atomic E-state index is 0.339. The number of thiophene rings is 1. The predicted octanol–water partition coefficient (Wildman–Crippen LogP) is 3.46. The number of nitrogens with one attached hydrogen (secondary N) is 1. The van der Waals surface area contributed by atoms with Crippen molar-refractivity contribution in [3.05, 3.63) is 22.4 Å². The lowest BCUT2D eigenvalue weighted by molar-refractivity contribution is 0.0477. The molecule has 1 N–H and O–H groups in total. The minimum Gasteiger partial charge on any atom is -0.375 e. The van der Waals surface area contributed by atoms with Gasteiger partial charge in [-0.3, -0.25) is 0 Å². The highest BCUT2D eigenvalue weighted by Gasteiger charge is 2.42. The van der Waals surface area contributed by atoms with Crippen LogP contribution in [0.4, 0.5) is 0 Å². The Bertz CT molecular complexity index is 338. The smallest absolute Gasteiger partial charge is 0.0600 e. The molecule has 1 aromatic rings. The molecule has 1 aromatic heterocycles. The summed E-state index contributed by atoms with van der Waals surface area (Å²) < 4.78 is 5.98. The first-order valence-corrected chi connectivity index (χ1v) is 7.45. The summed E-state index contributed by atoms with van der Waals surface area (Å²) in [6.45, 7) is 9.90. The van der Waals surface area contributed by atoms with Gasteiger partial charge in [-0.1, -0.05) is 19.9 Å². The summed E-state index contributed by atoms with van der Waals surface area (Å²) in [5.74, 6) is 1.18. The standard InChI is InChI=1S/C14H23NOS/c1-5-15-14(12-7-6-8-17-12)13-9(2)10(3)16-11(13)4/h6-11,13-15H,5H2,1-4H3. The van der Waals surface area contributed by atoms with Gasteiger partial charge in [0.05, 0.1) is 12.2 Å². The molecule has 2 rings (SSSR count). The zero-order chi connectivity index (χ0) is 12.4. The fourth-order valence-electron chi connectivity index (χ4n) is 2.98. The Balaban J connectivity index is 2.21. The molecule has 96 valence electrons. The van der Waals surface area contributed by atoms with E-state index in [-0.39, 0.29) is 0 Å². The van der Waals surface area contributed by atoms with Crippen molar-refractivity contribution in [2.45, 2.75) is 45.9 Å². The summed E-state index contributed by atoms with van der Waals surface area (Å²) >= 11 is 1.85. The summed E-state index contributed by atoms with van der Waals surface area (Å²) in [5.41, 5.74) is 0. The van der Waals surface area contributed by atoms with E-state index in [0.29, 0.717) is 30.1 Å². The Morgan fingerprint density at radius 3 is 2.59 bits per heavy atom. The summed E-state index contributed by atoms with van der Waals surface area (Å²) in [6.07, 6.45) is 0.710. The molecule has 0 aromatic carbocycles. The van der Waals surface area contributed by atoms with Crippen molar-refractivity contribution in [3.63, 3.8) is 0 Å². The molecule has 1 saturated heterocycles. The van der Waals surface area contributed by atoms with Crippen LogP contribution in [0.5, 0.6) is 0 Å². The van der Waals surface area contributed by atoms with Crippen LogP contribution in [-0.2, 0) is 4.74 Å². The monoisotopic (exact) mass is 253 g/mol. The molecular formula is C14H23NOS. The van der Waals surface area contributed by atoms with Crippen LogP contribution >= 0.6 is 11.3 Å². The van der Waals surface area contributed by atoms with E-state index >= 15 is 0 Å². The van der Waals surface area contributed by atoms with Gasteiger partial charge in [-0.05, 0) is 37.8 Å². The van der Waals surface area contributed by atoms with Crippen molar-refractivity contribution >= 4 is 11.3 Å². The second kappa shape index (κ2) is 5.51. The molecule has 1 aliphatic heterocycles. The van der Waals surface area contributed by atoms with Gasteiger partial charge in [0.15, 0.2) is 0 Å². The molecule has 0 bridgehead atoms. The van der Waals surface area contributed by atoms with E-state index in [9.17, 15) is 0 Å². The third kappa shape index (κ3) is 2.56. The lowest BCUT2D eigenvalue weighted by Crippen LogP contribution is -2.34. The molecule has 5 unspecified atom stereocenters. The van der Waals surface area contributed by atoms with E-state index in [2.05, 4.69) is 50.5 Å². The number of hydrogen-bond acceptors (Lipinski definition) is 3. The van der Waals surface area contributed by atoms with Gasteiger partial charge < -0.3 is 10.1 Å². The maximum Gasteiger partial charge on any atom is 0.0600 e. The van der Waals surface area contributed by atoms with Gasteiger partial charge in [0.25, 0.3) is 0 Å². The number of hydrogen-bond donors (Lipinski definition) is 1. The third-order valence-electron chi connectivity index (χ3n) is 3.98. The maximum absolute atomic E-state index is 5.98. The Morgan fingerprint density at radius 1 is 1.35 bits per heavy atom. The quantitative estimate of drug-likeness (QED) is 0.887. The van der Waals surface area contributed by atoms with Crippen LogP contribution in [0.3, 0.4) is 0 Å². The van der Waals surface area contributed by atoms with E-state index in [1.54, 1.807) is 0 Å². The van der Waals surface area contributed by atoms with Gasteiger partial charge in [0.2, 0.25) is 0 Å². The molecule has 0 spiro atoms. The third-order valence-corrected chi connectivity index (χ3v) is 4.93. The van der Waals surface area contributed by atoms with E-state index in [4.69, 9.17) is 4.74 Å². The molecule has 3 heteroatoms. The van der Waals surface area contributed by atoms with Crippen molar-refractivity contribution in [3.8, 4) is 0 Å². The molecule has 0 amide bonds. The highest BCUT2D eigenvalue weighted by atomic mass is 32.1. The van der Waals surface area contributed by atoms with Crippen LogP contribution in [0.25, 0.3) is 0 Å². The first-order valence-electron chi connectivity index (χ1n) is 6.57. The molecule has 1 fully saturated rings. The molecule has 5 atom stereocenters. The fraction of sp³-hybridized carbons (Fsp3) is 0.714. The zero-order valence-electron chi connectivity index (χ0n) is 11.1. The van der Waals surface area contributed by atoms with Crippen LogP contribution in [0.15, 0.2) is 17.5 Å². The van der Waals surface area contributed by atoms with E-state index in [0.717, 1.165) is 6.54 Å². The first-order chi connectivity index (χ1) is 8.15. The average Bonchev–Trinajstić information content (AvgIpc) is 2.88. The minimum absolute atomic E-state index is 0.339. The molecule has 2 nitrogen and oxygen atoms in total. The van der Waals surface area contributed by atoms with Crippen molar-refractivity contribution < 1.29 is 4.74 Å². The van der Waals surface area contributed by atoms with Crippen molar-refractivity contribution in [2.24, 2.45) is 11.8 Å². The normalized spacial score (nSPS) is 35.1. The van der Waals surface area contributed by atoms with Crippen LogP contribution in [-0.4, -0.2) is 18.8 Å². The fourth-order valence-corrected chi connectivity index (χ4v) is 3.84. The van der Waals surface area contributed by atoms with Gasteiger partial charge in [-0.15, -0.1) is 11.3 Å². The Kier molecular flexibility index (Phi) is 4.23. The average molecular weight is 253 g/mol. The molecule has 0 saturated carbocycles. The molecule has 2 heterocycles. The SMILES string of the molecule is CCNC(c1cccs1)C1C(C)OC(C)C1C. The highest BCUT2D eigenvalue weighted by Crippen LogP contribution is 2.41. The Morgan fingerprint density at radius 2 is 2.12 bits per heavy atom. The van der Waals surface area contributed by atoms with E-state index in [1.807, 2.05) is 11.3 Å². The second-order valence-electron chi connectivity index (χ2n) is 5.03. The summed E-state index contributed by atoms with van der Waals surface area (Å²) in [7, 11) is 0. The van der Waals surface area contributed by atoms with Gasteiger partial charge in [-0.25, -0.2) is 0 Å². The summed E-state index contributed by atoms with van der Waals surface area (Å²) in [4.78, 5) is 1.44. The molecule has 0 radical (unpaired) electrons. The first kappa shape index (κ1) is 13.1. The molecule has 0 aliphatic carbocycles. The van der Waals surface area contributed by atoms with Gasteiger partial charge in [0.1, 0.15) is 0 Å². The van der Waals surface area contributed by atoms with Crippen molar-refractivity contribution in [2.75, 3.05) is 6.54 Å². The zero-order valence-corrected chi connectivity index (χ0v) is 12.0. The Labute approximate surface area is 108 Å². The van der Waals surface area contributed by atoms with Gasteiger partial charge >= 0.3 is 0 Å². The second-order valence-corrected chi connectivity index (χ2v) is 6.01. The van der Waals surface area contributed by atoms with Gasteiger partial charge in [-0.2, -0.15) is 0 Å². The molecular weight excluding hydrogens is 230 g/mol. The van der Waals surface area contributed by atoms with E-state index < -0.39 is 0 Å². The largest absolute Gasteiger partial charge is 0.375 e. The van der Waals surface area contributed by atoms with Crippen LogP contribution in [0.1, 0.15) is 38.6 Å². The summed E-state index contributed by atoms with van der Waals surface area (Å²) in [6, 6.07) is 4.81. The molecule has 17 heavy (non-hydrogen) atoms. The highest BCUT2D eigenvalue weighted by molar-refractivity contribution is 7.10. The van der Waals surface area contributed by atoms with Crippen LogP contribution in [0.2, 0.25) is 0 Å². The lowest BCUT2D eigenvalue weighted by atomic mass is 9.83. The molecule has 1 aliphatic rings. The summed E-state index contributed by atoms with van der Waals surface area (Å²) in [5, 5.41) is 5.80. The number of ether oxygens (including phenoxy) is 1. The maximum atomic E-state index is 5.98. The lowest BCUT2D eigenvalue weighted by Gasteiger charge is -2.28. The number of rotatable bonds is 4. The predicted molar refractivity (Wildman–Crippen MR) is 73.4 cm³/mol. The van der Waals surface area contributed by atoms with Crippen LogP contribution in [0, 0.1) is 11.8 Å². The van der Waals surface area contributed by atoms with E-state index in [1.165, 1.54) is 4.88 Å². The van der Waals surface area contributed by atoms with Crippen molar-refractivity contribution in [1.29, 1.82) is 0 Å². The van der Waals surface area contributed by atoms with Crippen molar-refractivity contribution in [1.82, 2.24) is 5.32 Å². The Hall–Kier alpha value is -0.380. The van der Waals surface area contributed by atoms with Crippen LogP contribution < -0.4 is 5.32 Å². The topological polar surface area (TPSA) is 21.3 Å². The van der Waals surface area contributed by atoms with Gasteiger partial charge in [0, 0.05) is 16.8 Å².